The molecule has 1 amide bonds. The zero-order chi connectivity index (χ0) is 24.1. The first-order chi connectivity index (χ1) is 17.0. The molecule has 0 fully saturated rings. The molecular formula is C26H22N8O. The topological polar surface area (TPSA) is 106 Å². The number of hydrogen-bond donors (Lipinski definition) is 2. The lowest BCUT2D eigenvalue weighted by atomic mass is 10.0. The van der Waals surface area contributed by atoms with Crippen molar-refractivity contribution in [3.05, 3.63) is 84.5 Å². The summed E-state index contributed by atoms with van der Waals surface area (Å²) in [7, 11) is 1.95. The highest BCUT2D eigenvalue weighted by Crippen LogP contribution is 2.33. The van der Waals surface area contributed by atoms with Crippen LogP contribution in [0.3, 0.4) is 0 Å². The Morgan fingerprint density at radius 1 is 1.09 bits per heavy atom. The molecule has 9 heteroatoms. The molecule has 6 aromatic heterocycles. The van der Waals surface area contributed by atoms with Crippen LogP contribution in [0, 0.1) is 13.8 Å². The zero-order valence-electron chi connectivity index (χ0n) is 19.4. The number of pyridine rings is 3. The number of carbonyl (C=O) groups is 1. The highest BCUT2D eigenvalue weighted by atomic mass is 16.1. The maximum absolute atomic E-state index is 13.0. The van der Waals surface area contributed by atoms with E-state index in [4.69, 9.17) is 0 Å². The van der Waals surface area contributed by atoms with Gasteiger partial charge in [0.1, 0.15) is 5.65 Å². The number of nitrogens with one attached hydrogen (secondary N) is 2. The maximum Gasteiger partial charge on any atom is 0.259 e. The van der Waals surface area contributed by atoms with Crippen molar-refractivity contribution in [3.63, 3.8) is 0 Å². The second-order valence-corrected chi connectivity index (χ2v) is 8.49. The van der Waals surface area contributed by atoms with E-state index in [-0.39, 0.29) is 5.91 Å². The molecule has 0 aromatic carbocycles. The number of amides is 1. The van der Waals surface area contributed by atoms with Gasteiger partial charge >= 0.3 is 0 Å². The summed E-state index contributed by atoms with van der Waals surface area (Å²) in [5.74, 6) is -0.240. The minimum absolute atomic E-state index is 0.240. The fourth-order valence-electron chi connectivity index (χ4n) is 4.53. The monoisotopic (exact) mass is 462 g/mol. The van der Waals surface area contributed by atoms with Crippen molar-refractivity contribution in [2.45, 2.75) is 13.8 Å². The van der Waals surface area contributed by atoms with Gasteiger partial charge in [0, 0.05) is 59.6 Å². The van der Waals surface area contributed by atoms with Crippen LogP contribution in [0.15, 0.2) is 67.5 Å². The normalized spacial score (nSPS) is 11.4. The highest BCUT2D eigenvalue weighted by molar-refractivity contribution is 6.09. The van der Waals surface area contributed by atoms with E-state index >= 15 is 0 Å². The van der Waals surface area contributed by atoms with Crippen molar-refractivity contribution in [3.8, 4) is 22.3 Å². The average molecular weight is 463 g/mol. The molecular weight excluding hydrogens is 440 g/mol. The second-order valence-electron chi connectivity index (χ2n) is 8.49. The van der Waals surface area contributed by atoms with Crippen LogP contribution in [0.25, 0.3) is 38.8 Å². The molecule has 0 saturated heterocycles. The lowest BCUT2D eigenvalue weighted by molar-refractivity contribution is 0.102. The number of anilines is 1. The molecule has 0 spiro atoms. The molecule has 0 aliphatic heterocycles. The van der Waals surface area contributed by atoms with Gasteiger partial charge in [-0.15, -0.1) is 0 Å². The number of hydrogen-bond acceptors (Lipinski definition) is 5. The Balaban J connectivity index is 1.43. The first-order valence-corrected chi connectivity index (χ1v) is 11.2. The number of carbonyl (C=O) groups excluding carboxylic acids is 1. The van der Waals surface area contributed by atoms with E-state index in [1.165, 1.54) is 0 Å². The average Bonchev–Trinajstić information content (AvgIpc) is 3.54. The summed E-state index contributed by atoms with van der Waals surface area (Å²) in [4.78, 5) is 24.9. The van der Waals surface area contributed by atoms with Gasteiger partial charge in [0.05, 0.1) is 34.9 Å². The maximum atomic E-state index is 13.0. The summed E-state index contributed by atoms with van der Waals surface area (Å²) in [5, 5.41) is 12.8. The molecule has 172 valence electrons. The summed E-state index contributed by atoms with van der Waals surface area (Å²) >= 11 is 0. The van der Waals surface area contributed by atoms with Gasteiger partial charge in [-0.3, -0.25) is 14.5 Å². The Morgan fingerprint density at radius 2 is 1.97 bits per heavy atom. The molecule has 2 N–H and O–H groups in total. The molecule has 0 radical (unpaired) electrons. The summed E-state index contributed by atoms with van der Waals surface area (Å²) < 4.78 is 3.58. The second kappa shape index (κ2) is 7.91. The molecule has 6 aromatic rings. The number of rotatable bonds is 4. The standard InChI is InChI=1S/C26H22N8O/c1-15-24(16(2)33(3)32-15)18-9-20-21(13-29-25(20)28-11-18)17-6-8-34-23(10-17)22(14-30-34)26(35)31-19-5-4-7-27-12-19/h4-14H,1-3H3,(H,28,29)(H,31,35). The molecule has 6 rings (SSSR count). The quantitative estimate of drug-likeness (QED) is 0.400. The summed E-state index contributed by atoms with van der Waals surface area (Å²) in [6.07, 6.45) is 10.5. The highest BCUT2D eigenvalue weighted by Gasteiger charge is 2.17. The van der Waals surface area contributed by atoms with Gasteiger partial charge in [0.2, 0.25) is 0 Å². The number of fused-ring (bicyclic) bond motifs is 2. The van der Waals surface area contributed by atoms with E-state index in [1.54, 1.807) is 35.2 Å². The van der Waals surface area contributed by atoms with Gasteiger partial charge in [0.25, 0.3) is 5.91 Å². The Hall–Kier alpha value is -4.79. The van der Waals surface area contributed by atoms with Crippen molar-refractivity contribution in [2.24, 2.45) is 7.05 Å². The van der Waals surface area contributed by atoms with Crippen LogP contribution in [-0.4, -0.2) is 40.3 Å². The zero-order valence-corrected chi connectivity index (χ0v) is 19.4. The van der Waals surface area contributed by atoms with Gasteiger partial charge < -0.3 is 10.3 Å². The van der Waals surface area contributed by atoms with E-state index in [0.717, 1.165) is 44.7 Å². The first-order valence-electron chi connectivity index (χ1n) is 11.2. The molecule has 9 nitrogen and oxygen atoms in total. The predicted octanol–water partition coefficient (Wildman–Crippen LogP) is 4.54. The summed E-state index contributed by atoms with van der Waals surface area (Å²) in [5.41, 5.74) is 8.73. The van der Waals surface area contributed by atoms with Crippen LogP contribution in [0.2, 0.25) is 0 Å². The van der Waals surface area contributed by atoms with Gasteiger partial charge in [-0.1, -0.05) is 0 Å². The molecule has 0 bridgehead atoms. The Bertz CT molecular complexity index is 1730. The fraction of sp³-hybridized carbons (Fsp3) is 0.115. The first kappa shape index (κ1) is 20.8. The minimum Gasteiger partial charge on any atom is -0.346 e. The van der Waals surface area contributed by atoms with Gasteiger partial charge in [0.15, 0.2) is 0 Å². The number of aromatic nitrogens is 7. The molecule has 0 aliphatic rings. The third-order valence-corrected chi connectivity index (χ3v) is 6.33. The van der Waals surface area contributed by atoms with Crippen LogP contribution < -0.4 is 5.32 Å². The molecule has 0 unspecified atom stereocenters. The van der Waals surface area contributed by atoms with E-state index in [9.17, 15) is 4.79 Å². The van der Waals surface area contributed by atoms with Crippen molar-refractivity contribution in [1.29, 1.82) is 0 Å². The van der Waals surface area contributed by atoms with Crippen molar-refractivity contribution in [1.82, 2.24) is 34.3 Å². The largest absolute Gasteiger partial charge is 0.346 e. The fourth-order valence-corrected chi connectivity index (χ4v) is 4.53. The molecule has 6 heterocycles. The van der Waals surface area contributed by atoms with E-state index < -0.39 is 0 Å². The predicted molar refractivity (Wildman–Crippen MR) is 134 cm³/mol. The minimum atomic E-state index is -0.240. The summed E-state index contributed by atoms with van der Waals surface area (Å²) in [6, 6.07) is 9.67. The number of aromatic amines is 1. The molecule has 0 saturated carbocycles. The van der Waals surface area contributed by atoms with Gasteiger partial charge in [-0.05, 0) is 49.7 Å². The number of nitrogens with zero attached hydrogens (tertiary/aromatic N) is 6. The van der Waals surface area contributed by atoms with E-state index in [2.05, 4.69) is 43.5 Å². The molecule has 35 heavy (non-hydrogen) atoms. The molecule has 0 atom stereocenters. The molecule has 0 aliphatic carbocycles. The van der Waals surface area contributed by atoms with Crippen molar-refractivity contribution in [2.75, 3.05) is 5.32 Å². The van der Waals surface area contributed by atoms with Crippen LogP contribution in [0.4, 0.5) is 5.69 Å². The SMILES string of the molecule is Cc1nn(C)c(C)c1-c1cnc2[nH]cc(-c3ccn4ncc(C(=O)Nc5cccnc5)c4c3)c2c1. The van der Waals surface area contributed by atoms with Crippen LogP contribution in [-0.2, 0) is 7.05 Å². The third-order valence-electron chi connectivity index (χ3n) is 6.33. The van der Waals surface area contributed by atoms with E-state index in [0.29, 0.717) is 16.8 Å². The Labute approximate surface area is 200 Å². The summed E-state index contributed by atoms with van der Waals surface area (Å²) in [6.45, 7) is 4.07. The van der Waals surface area contributed by atoms with Crippen LogP contribution in [0.5, 0.6) is 0 Å². The van der Waals surface area contributed by atoms with Crippen molar-refractivity contribution < 1.29 is 4.79 Å². The lowest BCUT2D eigenvalue weighted by Gasteiger charge is -2.06. The van der Waals surface area contributed by atoms with Gasteiger partial charge in [-0.2, -0.15) is 10.2 Å². The van der Waals surface area contributed by atoms with E-state index in [1.807, 2.05) is 49.4 Å². The lowest BCUT2D eigenvalue weighted by Crippen LogP contribution is -2.11. The van der Waals surface area contributed by atoms with Crippen molar-refractivity contribution >= 4 is 28.1 Å². The Morgan fingerprint density at radius 3 is 2.74 bits per heavy atom. The van der Waals surface area contributed by atoms with Crippen LogP contribution in [0.1, 0.15) is 21.7 Å². The van der Waals surface area contributed by atoms with Crippen LogP contribution >= 0.6 is 0 Å². The number of aryl methyl sites for hydroxylation is 2. The third kappa shape index (κ3) is 3.45. The van der Waals surface area contributed by atoms with Gasteiger partial charge in [-0.25, -0.2) is 9.50 Å². The smallest absolute Gasteiger partial charge is 0.259 e. The Kier molecular flexibility index (Phi) is 4.70. The number of H-pyrrole nitrogens is 1.